The molecule has 0 aromatic rings. The van der Waals surface area contributed by atoms with Crippen LogP contribution < -0.4 is 0 Å². The number of carboxylic acid groups (broad SMARTS) is 1. The van der Waals surface area contributed by atoms with E-state index in [1.165, 1.54) is 24.3 Å². The van der Waals surface area contributed by atoms with Crippen LogP contribution in [0.2, 0.25) is 0 Å². The molecule has 2 atom stereocenters. The van der Waals surface area contributed by atoms with Gasteiger partial charge in [0.15, 0.2) is 0 Å². The Labute approximate surface area is 131 Å². The van der Waals surface area contributed by atoms with Gasteiger partial charge in [-0.25, -0.2) is 0 Å². The zero-order valence-corrected chi connectivity index (χ0v) is 13.7. The van der Waals surface area contributed by atoms with Gasteiger partial charge in [-0.1, -0.05) is 6.92 Å². The van der Waals surface area contributed by atoms with Gasteiger partial charge < -0.3 is 10.0 Å². The molecule has 2 heterocycles. The van der Waals surface area contributed by atoms with Gasteiger partial charge in [-0.05, 0) is 54.9 Å². The minimum Gasteiger partial charge on any atom is -0.481 e. The summed E-state index contributed by atoms with van der Waals surface area (Å²) < 4.78 is 0. The summed E-state index contributed by atoms with van der Waals surface area (Å²) in [5.41, 5.74) is 0. The highest BCUT2D eigenvalue weighted by Gasteiger charge is 2.29. The number of thioether (sulfide) groups is 1. The van der Waals surface area contributed by atoms with Crippen LogP contribution in [0.5, 0.6) is 0 Å². The van der Waals surface area contributed by atoms with Crippen LogP contribution in [0.15, 0.2) is 0 Å². The van der Waals surface area contributed by atoms with Crippen molar-refractivity contribution in [3.05, 3.63) is 0 Å². The standard InChI is InChI=1S/C16H27NO3S/c1-12(9-16(19)20)14-3-2-6-17(11-14)15(18)10-13-4-7-21-8-5-13/h12-14H,2-11H2,1H3,(H,19,20). The van der Waals surface area contributed by atoms with Gasteiger partial charge >= 0.3 is 5.97 Å². The molecule has 0 aliphatic carbocycles. The summed E-state index contributed by atoms with van der Waals surface area (Å²) in [5, 5.41) is 8.92. The Kier molecular flexibility index (Phi) is 6.40. The quantitative estimate of drug-likeness (QED) is 0.848. The Morgan fingerprint density at radius 3 is 2.67 bits per heavy atom. The molecule has 120 valence electrons. The molecule has 2 fully saturated rings. The van der Waals surface area contributed by atoms with Gasteiger partial charge in [0.1, 0.15) is 0 Å². The summed E-state index contributed by atoms with van der Waals surface area (Å²) in [6, 6.07) is 0. The van der Waals surface area contributed by atoms with Gasteiger partial charge in [-0.2, -0.15) is 11.8 Å². The predicted octanol–water partition coefficient (Wildman–Crippen LogP) is 2.87. The molecule has 21 heavy (non-hydrogen) atoms. The molecule has 2 unspecified atom stereocenters. The lowest BCUT2D eigenvalue weighted by atomic mass is 9.84. The molecule has 2 saturated heterocycles. The number of rotatable bonds is 5. The molecule has 0 aromatic carbocycles. The fraction of sp³-hybridized carbons (Fsp3) is 0.875. The second kappa shape index (κ2) is 8.06. The van der Waals surface area contributed by atoms with Crippen LogP contribution in [-0.2, 0) is 9.59 Å². The first-order valence-electron chi connectivity index (χ1n) is 8.13. The Hall–Kier alpha value is -0.710. The molecule has 0 bridgehead atoms. The molecule has 1 amide bonds. The molecule has 1 N–H and O–H groups in total. The lowest BCUT2D eigenvalue weighted by molar-refractivity contribution is -0.138. The van der Waals surface area contributed by atoms with E-state index in [9.17, 15) is 9.59 Å². The third-order valence-corrected chi connectivity index (χ3v) is 5.96. The van der Waals surface area contributed by atoms with E-state index in [4.69, 9.17) is 5.11 Å². The highest BCUT2D eigenvalue weighted by molar-refractivity contribution is 7.99. The Morgan fingerprint density at radius 2 is 2.00 bits per heavy atom. The van der Waals surface area contributed by atoms with Crippen LogP contribution in [0, 0.1) is 17.8 Å². The highest BCUT2D eigenvalue weighted by Crippen LogP contribution is 2.29. The normalized spacial score (nSPS) is 25.6. The van der Waals surface area contributed by atoms with Crippen molar-refractivity contribution < 1.29 is 14.7 Å². The third kappa shape index (κ3) is 5.20. The van der Waals surface area contributed by atoms with Crippen molar-refractivity contribution in [2.75, 3.05) is 24.6 Å². The van der Waals surface area contributed by atoms with Gasteiger partial charge in [0, 0.05) is 25.9 Å². The van der Waals surface area contributed by atoms with E-state index in [2.05, 4.69) is 0 Å². The zero-order chi connectivity index (χ0) is 15.2. The second-order valence-corrected chi connectivity index (χ2v) is 7.80. The number of amides is 1. The highest BCUT2D eigenvalue weighted by atomic mass is 32.2. The minimum atomic E-state index is -0.731. The molecule has 2 aliphatic rings. The fourth-order valence-electron chi connectivity index (χ4n) is 3.47. The first-order chi connectivity index (χ1) is 10.1. The lowest BCUT2D eigenvalue weighted by Crippen LogP contribution is -2.42. The van der Waals surface area contributed by atoms with Crippen LogP contribution in [-0.4, -0.2) is 46.5 Å². The van der Waals surface area contributed by atoms with Crippen LogP contribution >= 0.6 is 11.8 Å². The average Bonchev–Trinajstić information content (AvgIpc) is 2.47. The van der Waals surface area contributed by atoms with E-state index >= 15 is 0 Å². The number of likely N-dealkylation sites (tertiary alicyclic amines) is 1. The Balaban J connectivity index is 1.81. The topological polar surface area (TPSA) is 57.6 Å². The van der Waals surface area contributed by atoms with Crippen molar-refractivity contribution in [2.24, 2.45) is 17.8 Å². The maximum Gasteiger partial charge on any atom is 0.303 e. The van der Waals surface area contributed by atoms with Gasteiger partial charge in [0.05, 0.1) is 0 Å². The number of piperidine rings is 1. The molecule has 2 aliphatic heterocycles. The van der Waals surface area contributed by atoms with Crippen molar-refractivity contribution in [2.45, 2.75) is 45.4 Å². The van der Waals surface area contributed by atoms with Crippen molar-refractivity contribution in [1.82, 2.24) is 4.90 Å². The van der Waals surface area contributed by atoms with Crippen molar-refractivity contribution in [3.8, 4) is 0 Å². The number of hydrogen-bond donors (Lipinski definition) is 1. The van der Waals surface area contributed by atoms with Crippen molar-refractivity contribution >= 4 is 23.6 Å². The van der Waals surface area contributed by atoms with Gasteiger partial charge in [0.2, 0.25) is 5.91 Å². The first kappa shape index (κ1) is 16.7. The number of nitrogens with zero attached hydrogens (tertiary/aromatic N) is 1. The van der Waals surface area contributed by atoms with Crippen LogP contribution in [0.3, 0.4) is 0 Å². The Bertz CT molecular complexity index is 369. The molecular formula is C16H27NO3S. The summed E-state index contributed by atoms with van der Waals surface area (Å²) in [6.45, 7) is 3.62. The fourth-order valence-corrected chi connectivity index (χ4v) is 4.67. The molecule has 2 rings (SSSR count). The molecule has 0 radical (unpaired) electrons. The third-order valence-electron chi connectivity index (χ3n) is 4.92. The smallest absolute Gasteiger partial charge is 0.303 e. The van der Waals surface area contributed by atoms with Crippen LogP contribution in [0.1, 0.15) is 45.4 Å². The zero-order valence-electron chi connectivity index (χ0n) is 12.9. The first-order valence-corrected chi connectivity index (χ1v) is 9.29. The van der Waals surface area contributed by atoms with Gasteiger partial charge in [0.25, 0.3) is 0 Å². The molecule has 4 nitrogen and oxygen atoms in total. The molecule has 0 saturated carbocycles. The largest absolute Gasteiger partial charge is 0.481 e. The second-order valence-electron chi connectivity index (χ2n) is 6.58. The molecule has 0 spiro atoms. The van der Waals surface area contributed by atoms with Crippen molar-refractivity contribution in [3.63, 3.8) is 0 Å². The number of carbonyl (C=O) groups is 2. The van der Waals surface area contributed by atoms with E-state index in [1.807, 2.05) is 23.6 Å². The monoisotopic (exact) mass is 313 g/mol. The predicted molar refractivity (Wildman–Crippen MR) is 85.4 cm³/mol. The minimum absolute atomic E-state index is 0.157. The van der Waals surface area contributed by atoms with E-state index in [1.54, 1.807) is 0 Å². The number of carboxylic acids is 1. The summed E-state index contributed by atoms with van der Waals surface area (Å²) in [5.74, 6) is 3.01. The van der Waals surface area contributed by atoms with E-state index in [0.717, 1.165) is 25.9 Å². The van der Waals surface area contributed by atoms with Gasteiger partial charge in [-0.15, -0.1) is 0 Å². The van der Waals surface area contributed by atoms with E-state index in [-0.39, 0.29) is 12.3 Å². The molecule has 0 aromatic heterocycles. The summed E-state index contributed by atoms with van der Waals surface area (Å²) in [7, 11) is 0. The molecular weight excluding hydrogens is 286 g/mol. The maximum absolute atomic E-state index is 12.5. The number of aliphatic carboxylic acids is 1. The van der Waals surface area contributed by atoms with Crippen LogP contribution in [0.4, 0.5) is 0 Å². The summed E-state index contributed by atoms with van der Waals surface area (Å²) in [6.07, 6.45) is 5.32. The summed E-state index contributed by atoms with van der Waals surface area (Å²) >= 11 is 1.99. The summed E-state index contributed by atoms with van der Waals surface area (Å²) in [4.78, 5) is 25.3. The lowest BCUT2D eigenvalue weighted by Gasteiger charge is -2.36. The Morgan fingerprint density at radius 1 is 1.29 bits per heavy atom. The number of carbonyl (C=O) groups excluding carboxylic acids is 1. The SMILES string of the molecule is CC(CC(=O)O)C1CCCN(C(=O)CC2CCSCC2)C1. The van der Waals surface area contributed by atoms with E-state index in [0.29, 0.717) is 24.2 Å². The molecule has 5 heteroatoms. The van der Waals surface area contributed by atoms with Crippen LogP contribution in [0.25, 0.3) is 0 Å². The number of hydrogen-bond acceptors (Lipinski definition) is 3. The van der Waals surface area contributed by atoms with Crippen molar-refractivity contribution in [1.29, 1.82) is 0 Å². The average molecular weight is 313 g/mol. The van der Waals surface area contributed by atoms with E-state index < -0.39 is 5.97 Å². The van der Waals surface area contributed by atoms with Gasteiger partial charge in [-0.3, -0.25) is 9.59 Å². The maximum atomic E-state index is 12.5.